The Morgan fingerprint density at radius 1 is 1.16 bits per heavy atom. The molecule has 102 valence electrons. The van der Waals surface area contributed by atoms with E-state index in [1.165, 1.54) is 24.8 Å². The van der Waals surface area contributed by atoms with Crippen LogP contribution in [0.4, 0.5) is 0 Å². The lowest BCUT2D eigenvalue weighted by molar-refractivity contribution is 0.414. The number of rotatable bonds is 7. The van der Waals surface area contributed by atoms with Gasteiger partial charge >= 0.3 is 0 Å². The van der Waals surface area contributed by atoms with Crippen LogP contribution in [0.3, 0.4) is 0 Å². The van der Waals surface area contributed by atoms with Gasteiger partial charge in [-0.25, -0.2) is 0 Å². The summed E-state index contributed by atoms with van der Waals surface area (Å²) in [4.78, 5) is 0. The van der Waals surface area contributed by atoms with Gasteiger partial charge in [-0.3, -0.25) is 0 Å². The third kappa shape index (κ3) is 3.81. The van der Waals surface area contributed by atoms with E-state index in [2.05, 4.69) is 29.3 Å². The number of aromatic nitrogens is 3. The summed E-state index contributed by atoms with van der Waals surface area (Å²) < 4.78 is 7.26. The normalized spacial score (nSPS) is 12.3. The first-order valence-corrected chi connectivity index (χ1v) is 6.80. The van der Waals surface area contributed by atoms with Crippen LogP contribution in [0.15, 0.2) is 36.9 Å². The van der Waals surface area contributed by atoms with Crippen molar-refractivity contribution in [2.45, 2.75) is 38.6 Å². The summed E-state index contributed by atoms with van der Waals surface area (Å²) in [6.07, 6.45) is 7.19. The van der Waals surface area contributed by atoms with E-state index in [1.807, 2.05) is 16.7 Å². The predicted molar refractivity (Wildman–Crippen MR) is 75.3 cm³/mol. The molecule has 0 amide bonds. The number of hydrogen-bond acceptors (Lipinski definition) is 3. The van der Waals surface area contributed by atoms with Gasteiger partial charge in [-0.1, -0.05) is 31.9 Å². The second kappa shape index (κ2) is 6.92. The molecule has 0 fully saturated rings. The minimum Gasteiger partial charge on any atom is -0.497 e. The molecule has 4 nitrogen and oxygen atoms in total. The van der Waals surface area contributed by atoms with Crippen LogP contribution in [0.2, 0.25) is 0 Å². The highest BCUT2D eigenvalue weighted by Gasteiger charge is 2.12. The maximum atomic E-state index is 5.21. The fraction of sp³-hybridized carbons (Fsp3) is 0.467. The molecule has 0 aliphatic rings. The van der Waals surface area contributed by atoms with Crippen LogP contribution in [0.1, 0.15) is 37.7 Å². The Hall–Kier alpha value is -1.84. The first-order chi connectivity index (χ1) is 9.33. The molecule has 2 rings (SSSR count). The monoisotopic (exact) mass is 259 g/mol. The average molecular weight is 259 g/mol. The SMILES string of the molecule is CCCCC(Cn1cnnc1)c1ccc(OC)cc1. The average Bonchev–Trinajstić information content (AvgIpc) is 2.96. The van der Waals surface area contributed by atoms with Gasteiger partial charge in [0.1, 0.15) is 18.4 Å². The lowest BCUT2D eigenvalue weighted by Gasteiger charge is -2.17. The Bertz CT molecular complexity index is 465. The molecule has 1 aromatic carbocycles. The van der Waals surface area contributed by atoms with E-state index < -0.39 is 0 Å². The summed E-state index contributed by atoms with van der Waals surface area (Å²) in [5.41, 5.74) is 1.35. The van der Waals surface area contributed by atoms with Crippen LogP contribution in [0.5, 0.6) is 5.75 Å². The number of nitrogens with zero attached hydrogens (tertiary/aromatic N) is 3. The summed E-state index contributed by atoms with van der Waals surface area (Å²) in [7, 11) is 1.70. The molecule has 4 heteroatoms. The van der Waals surface area contributed by atoms with E-state index in [0.29, 0.717) is 5.92 Å². The summed E-state index contributed by atoms with van der Waals surface area (Å²) in [5.74, 6) is 1.41. The second-order valence-corrected chi connectivity index (χ2v) is 4.77. The zero-order valence-corrected chi connectivity index (χ0v) is 11.6. The van der Waals surface area contributed by atoms with E-state index in [1.54, 1.807) is 19.8 Å². The van der Waals surface area contributed by atoms with Gasteiger partial charge in [-0.2, -0.15) is 0 Å². The Balaban J connectivity index is 2.10. The van der Waals surface area contributed by atoms with Gasteiger partial charge in [0.05, 0.1) is 7.11 Å². The Morgan fingerprint density at radius 3 is 2.42 bits per heavy atom. The molecule has 0 aliphatic carbocycles. The van der Waals surface area contributed by atoms with Crippen molar-refractivity contribution in [2.24, 2.45) is 0 Å². The molecule has 0 saturated heterocycles. The summed E-state index contributed by atoms with van der Waals surface area (Å²) in [5, 5.41) is 7.74. The number of ether oxygens (including phenoxy) is 1. The number of hydrogen-bond donors (Lipinski definition) is 0. The van der Waals surface area contributed by atoms with E-state index in [4.69, 9.17) is 4.74 Å². The van der Waals surface area contributed by atoms with E-state index in [9.17, 15) is 0 Å². The standard InChI is InChI=1S/C15H21N3O/c1-3-4-5-14(10-18-11-16-17-12-18)13-6-8-15(19-2)9-7-13/h6-9,11-12,14H,3-5,10H2,1-2H3. The summed E-state index contributed by atoms with van der Waals surface area (Å²) in [6, 6.07) is 8.37. The predicted octanol–water partition coefficient (Wildman–Crippen LogP) is 3.26. The minimum absolute atomic E-state index is 0.502. The molecule has 1 aromatic heterocycles. The molecule has 1 unspecified atom stereocenters. The van der Waals surface area contributed by atoms with Crippen molar-refractivity contribution in [3.8, 4) is 5.75 Å². The fourth-order valence-corrected chi connectivity index (χ4v) is 2.26. The highest BCUT2D eigenvalue weighted by Crippen LogP contribution is 2.25. The van der Waals surface area contributed by atoms with Crippen molar-refractivity contribution < 1.29 is 4.74 Å². The molecular weight excluding hydrogens is 238 g/mol. The Kier molecular flexibility index (Phi) is 4.95. The lowest BCUT2D eigenvalue weighted by atomic mass is 9.93. The highest BCUT2D eigenvalue weighted by molar-refractivity contribution is 5.29. The number of methoxy groups -OCH3 is 1. The van der Waals surface area contributed by atoms with Gasteiger partial charge in [0.15, 0.2) is 0 Å². The smallest absolute Gasteiger partial charge is 0.119 e. The van der Waals surface area contributed by atoms with Crippen molar-refractivity contribution in [1.82, 2.24) is 14.8 Å². The molecule has 0 N–H and O–H groups in total. The fourth-order valence-electron chi connectivity index (χ4n) is 2.26. The van der Waals surface area contributed by atoms with Crippen LogP contribution in [-0.4, -0.2) is 21.9 Å². The quantitative estimate of drug-likeness (QED) is 0.766. The molecular formula is C15H21N3O. The molecule has 0 bridgehead atoms. The van der Waals surface area contributed by atoms with E-state index >= 15 is 0 Å². The topological polar surface area (TPSA) is 39.9 Å². The molecule has 0 spiro atoms. The van der Waals surface area contributed by atoms with Crippen molar-refractivity contribution in [1.29, 1.82) is 0 Å². The minimum atomic E-state index is 0.502. The molecule has 2 aromatic rings. The third-order valence-corrected chi connectivity index (χ3v) is 3.39. The van der Waals surface area contributed by atoms with Gasteiger partial charge < -0.3 is 9.30 Å². The first kappa shape index (κ1) is 13.6. The third-order valence-electron chi connectivity index (χ3n) is 3.39. The Labute approximate surface area is 114 Å². The van der Waals surface area contributed by atoms with E-state index in [-0.39, 0.29) is 0 Å². The van der Waals surface area contributed by atoms with Crippen LogP contribution < -0.4 is 4.74 Å². The maximum absolute atomic E-state index is 5.21. The molecule has 0 aliphatic heterocycles. The van der Waals surface area contributed by atoms with Gasteiger partial charge in [-0.05, 0) is 24.1 Å². The van der Waals surface area contributed by atoms with Gasteiger partial charge in [-0.15, -0.1) is 10.2 Å². The first-order valence-electron chi connectivity index (χ1n) is 6.80. The Morgan fingerprint density at radius 2 is 1.84 bits per heavy atom. The molecule has 0 radical (unpaired) electrons. The lowest BCUT2D eigenvalue weighted by Crippen LogP contribution is -2.08. The molecule has 19 heavy (non-hydrogen) atoms. The van der Waals surface area contributed by atoms with Gasteiger partial charge in [0.25, 0.3) is 0 Å². The zero-order chi connectivity index (χ0) is 13.5. The maximum Gasteiger partial charge on any atom is 0.119 e. The van der Waals surface area contributed by atoms with Gasteiger partial charge in [0, 0.05) is 12.5 Å². The number of benzene rings is 1. The van der Waals surface area contributed by atoms with E-state index in [0.717, 1.165) is 12.3 Å². The molecule has 1 heterocycles. The summed E-state index contributed by atoms with van der Waals surface area (Å²) in [6.45, 7) is 3.16. The number of unbranched alkanes of at least 4 members (excludes halogenated alkanes) is 1. The van der Waals surface area contributed by atoms with Gasteiger partial charge in [0.2, 0.25) is 0 Å². The van der Waals surface area contributed by atoms with Crippen LogP contribution in [0.25, 0.3) is 0 Å². The van der Waals surface area contributed by atoms with Crippen molar-refractivity contribution in [3.63, 3.8) is 0 Å². The van der Waals surface area contributed by atoms with Crippen molar-refractivity contribution in [2.75, 3.05) is 7.11 Å². The summed E-state index contributed by atoms with van der Waals surface area (Å²) >= 11 is 0. The second-order valence-electron chi connectivity index (χ2n) is 4.77. The van der Waals surface area contributed by atoms with Crippen LogP contribution in [-0.2, 0) is 6.54 Å². The largest absolute Gasteiger partial charge is 0.497 e. The van der Waals surface area contributed by atoms with Crippen LogP contribution >= 0.6 is 0 Å². The van der Waals surface area contributed by atoms with Crippen LogP contribution in [0, 0.1) is 0 Å². The van der Waals surface area contributed by atoms with Crippen molar-refractivity contribution >= 4 is 0 Å². The zero-order valence-electron chi connectivity index (χ0n) is 11.6. The molecule has 1 atom stereocenters. The van der Waals surface area contributed by atoms with Crippen molar-refractivity contribution in [3.05, 3.63) is 42.5 Å². The molecule has 0 saturated carbocycles. The highest BCUT2D eigenvalue weighted by atomic mass is 16.5.